The molecule has 1 fully saturated rings. The number of carbonyl (C=O) groups excluding carboxylic acids is 1. The first-order valence-corrected chi connectivity index (χ1v) is 7.29. The highest BCUT2D eigenvalue weighted by molar-refractivity contribution is 5.94. The van der Waals surface area contributed by atoms with Gasteiger partial charge in [0.25, 0.3) is 0 Å². The van der Waals surface area contributed by atoms with Crippen molar-refractivity contribution in [3.63, 3.8) is 0 Å². The fourth-order valence-corrected chi connectivity index (χ4v) is 3.21. The van der Waals surface area contributed by atoms with Gasteiger partial charge in [0.15, 0.2) is 0 Å². The van der Waals surface area contributed by atoms with E-state index in [-0.39, 0.29) is 11.8 Å². The zero-order chi connectivity index (χ0) is 15.8. The molecule has 2 atom stereocenters. The van der Waals surface area contributed by atoms with Crippen LogP contribution in [0.2, 0.25) is 0 Å². The molecule has 2 N–H and O–H groups in total. The van der Waals surface area contributed by atoms with E-state index in [0.717, 1.165) is 11.3 Å². The van der Waals surface area contributed by atoms with Gasteiger partial charge in [0.2, 0.25) is 5.91 Å². The predicted octanol–water partition coefficient (Wildman–Crippen LogP) is 3.46. The van der Waals surface area contributed by atoms with Crippen LogP contribution in [0.3, 0.4) is 0 Å². The Labute approximate surface area is 125 Å². The van der Waals surface area contributed by atoms with Crippen LogP contribution in [0.4, 0.5) is 5.69 Å². The van der Waals surface area contributed by atoms with Crippen molar-refractivity contribution in [2.75, 3.05) is 5.32 Å². The molecule has 0 spiro atoms. The Hall–Kier alpha value is -1.84. The van der Waals surface area contributed by atoms with E-state index in [4.69, 9.17) is 0 Å². The van der Waals surface area contributed by atoms with Gasteiger partial charge >= 0.3 is 5.97 Å². The highest BCUT2D eigenvalue weighted by atomic mass is 16.4. The van der Waals surface area contributed by atoms with Gasteiger partial charge < -0.3 is 10.4 Å². The van der Waals surface area contributed by atoms with Gasteiger partial charge in [-0.15, -0.1) is 0 Å². The van der Waals surface area contributed by atoms with Gasteiger partial charge in [-0.2, -0.15) is 0 Å². The quantitative estimate of drug-likeness (QED) is 0.895. The Balaban J connectivity index is 2.17. The molecule has 1 saturated carbocycles. The van der Waals surface area contributed by atoms with Gasteiger partial charge in [-0.25, -0.2) is 0 Å². The van der Waals surface area contributed by atoms with Gasteiger partial charge in [-0.1, -0.05) is 31.5 Å². The molecule has 0 radical (unpaired) electrons. The largest absolute Gasteiger partial charge is 0.481 e. The summed E-state index contributed by atoms with van der Waals surface area (Å²) in [6.07, 6.45) is 1.13. The Morgan fingerprint density at radius 2 is 1.76 bits per heavy atom. The minimum atomic E-state index is -0.859. The number of nitrogens with one attached hydrogen (secondary N) is 1. The fraction of sp³-hybridized carbons (Fsp3) is 0.529. The van der Waals surface area contributed by atoms with E-state index in [2.05, 4.69) is 5.32 Å². The molecule has 1 aromatic carbocycles. The molecule has 21 heavy (non-hydrogen) atoms. The first-order valence-electron chi connectivity index (χ1n) is 7.29. The number of hydrogen-bond donors (Lipinski definition) is 2. The number of aryl methyl sites for hydroxylation is 1. The second-order valence-electron chi connectivity index (χ2n) is 6.81. The van der Waals surface area contributed by atoms with Gasteiger partial charge in [0, 0.05) is 11.6 Å². The monoisotopic (exact) mass is 289 g/mol. The molecule has 2 rings (SSSR count). The maximum Gasteiger partial charge on any atom is 0.309 e. The van der Waals surface area contributed by atoms with Crippen LogP contribution in [0.25, 0.3) is 0 Å². The van der Waals surface area contributed by atoms with Crippen LogP contribution < -0.4 is 5.32 Å². The van der Waals surface area contributed by atoms with Crippen LogP contribution in [-0.2, 0) is 9.59 Å². The Bertz CT molecular complexity index is 562. The molecule has 0 bridgehead atoms. The number of amides is 1. The summed E-state index contributed by atoms with van der Waals surface area (Å²) < 4.78 is 0. The molecular formula is C17H23NO3. The Kier molecular flexibility index (Phi) is 3.83. The van der Waals surface area contributed by atoms with E-state index in [9.17, 15) is 14.7 Å². The van der Waals surface area contributed by atoms with E-state index in [1.807, 2.05) is 45.0 Å². The molecule has 1 aliphatic carbocycles. The maximum atomic E-state index is 12.5. The molecule has 1 amide bonds. The Morgan fingerprint density at radius 1 is 1.19 bits per heavy atom. The fourth-order valence-electron chi connectivity index (χ4n) is 3.21. The number of carbonyl (C=O) groups is 2. The lowest BCUT2D eigenvalue weighted by atomic mass is 9.65. The van der Waals surface area contributed by atoms with Crippen LogP contribution in [0.1, 0.15) is 39.2 Å². The number of anilines is 1. The third-order valence-electron chi connectivity index (χ3n) is 5.33. The maximum absolute atomic E-state index is 12.5. The van der Waals surface area contributed by atoms with Crippen molar-refractivity contribution >= 4 is 17.6 Å². The van der Waals surface area contributed by atoms with Gasteiger partial charge in [0.05, 0.1) is 5.41 Å². The number of rotatable bonds is 3. The van der Waals surface area contributed by atoms with Crippen molar-refractivity contribution in [2.24, 2.45) is 16.7 Å². The predicted molar refractivity (Wildman–Crippen MR) is 82.1 cm³/mol. The zero-order valence-corrected chi connectivity index (χ0v) is 13.1. The molecule has 4 heteroatoms. The van der Waals surface area contributed by atoms with Crippen LogP contribution in [0.5, 0.6) is 0 Å². The summed E-state index contributed by atoms with van der Waals surface area (Å²) in [5, 5.41) is 12.4. The molecular weight excluding hydrogens is 266 g/mol. The lowest BCUT2D eigenvalue weighted by Crippen LogP contribution is -2.43. The van der Waals surface area contributed by atoms with Crippen molar-refractivity contribution in [3.05, 3.63) is 29.8 Å². The van der Waals surface area contributed by atoms with Crippen molar-refractivity contribution < 1.29 is 14.7 Å². The first-order chi connectivity index (χ1) is 9.68. The number of aliphatic carboxylic acids is 1. The van der Waals surface area contributed by atoms with Crippen molar-refractivity contribution in [2.45, 2.75) is 40.5 Å². The second kappa shape index (κ2) is 5.17. The average molecular weight is 289 g/mol. The lowest BCUT2D eigenvalue weighted by molar-refractivity contribution is -0.154. The first kappa shape index (κ1) is 15.5. The van der Waals surface area contributed by atoms with E-state index in [1.165, 1.54) is 0 Å². The summed E-state index contributed by atoms with van der Waals surface area (Å²) >= 11 is 0. The number of carboxylic acid groups (broad SMARTS) is 1. The molecule has 0 aliphatic heterocycles. The summed E-state index contributed by atoms with van der Waals surface area (Å²) in [4.78, 5) is 24.1. The van der Waals surface area contributed by atoms with Gasteiger partial charge in [-0.05, 0) is 44.2 Å². The lowest BCUT2D eigenvalue weighted by Gasteiger charge is -2.37. The molecule has 1 aliphatic rings. The van der Waals surface area contributed by atoms with E-state index in [1.54, 1.807) is 6.92 Å². The molecule has 0 saturated heterocycles. The molecule has 1 aromatic rings. The standard InChI is InChI=1S/C17H23NO3/c1-11-5-7-12(8-6-11)18-14(19)13-9-10-17(4,15(20)21)16(13,2)3/h5-8,13H,9-10H2,1-4H3,(H,18,19)(H,20,21). The number of hydrogen-bond acceptors (Lipinski definition) is 2. The zero-order valence-electron chi connectivity index (χ0n) is 13.1. The molecule has 0 aromatic heterocycles. The van der Waals surface area contributed by atoms with Crippen LogP contribution >= 0.6 is 0 Å². The second-order valence-corrected chi connectivity index (χ2v) is 6.81. The van der Waals surface area contributed by atoms with Crippen molar-refractivity contribution in [3.8, 4) is 0 Å². The van der Waals surface area contributed by atoms with Crippen LogP contribution in [0, 0.1) is 23.7 Å². The summed E-state index contributed by atoms with van der Waals surface area (Å²) in [6.45, 7) is 7.50. The molecule has 114 valence electrons. The molecule has 0 heterocycles. The summed E-state index contributed by atoms with van der Waals surface area (Å²) in [6, 6.07) is 7.62. The number of benzene rings is 1. The van der Waals surface area contributed by atoms with Crippen molar-refractivity contribution in [1.29, 1.82) is 0 Å². The van der Waals surface area contributed by atoms with Gasteiger partial charge in [0.1, 0.15) is 0 Å². The normalized spacial score (nSPS) is 27.3. The molecule has 2 unspecified atom stereocenters. The minimum Gasteiger partial charge on any atom is -0.481 e. The topological polar surface area (TPSA) is 66.4 Å². The van der Waals surface area contributed by atoms with E-state index < -0.39 is 16.8 Å². The van der Waals surface area contributed by atoms with Crippen LogP contribution in [-0.4, -0.2) is 17.0 Å². The molecule has 4 nitrogen and oxygen atoms in total. The number of carboxylic acids is 1. The van der Waals surface area contributed by atoms with Crippen molar-refractivity contribution in [1.82, 2.24) is 0 Å². The van der Waals surface area contributed by atoms with Crippen LogP contribution in [0.15, 0.2) is 24.3 Å². The third-order valence-corrected chi connectivity index (χ3v) is 5.33. The highest BCUT2D eigenvalue weighted by Gasteiger charge is 2.58. The van der Waals surface area contributed by atoms with E-state index >= 15 is 0 Å². The smallest absolute Gasteiger partial charge is 0.309 e. The Morgan fingerprint density at radius 3 is 2.24 bits per heavy atom. The van der Waals surface area contributed by atoms with E-state index in [0.29, 0.717) is 12.8 Å². The minimum absolute atomic E-state index is 0.0890. The average Bonchev–Trinajstić information content (AvgIpc) is 2.64. The van der Waals surface area contributed by atoms with Gasteiger partial charge in [-0.3, -0.25) is 9.59 Å². The highest BCUT2D eigenvalue weighted by Crippen LogP contribution is 2.56. The summed E-state index contributed by atoms with van der Waals surface area (Å²) in [7, 11) is 0. The summed E-state index contributed by atoms with van der Waals surface area (Å²) in [5.41, 5.74) is 0.452. The summed E-state index contributed by atoms with van der Waals surface area (Å²) in [5.74, 6) is -1.20. The SMILES string of the molecule is Cc1ccc(NC(=O)C2CCC(C)(C(=O)O)C2(C)C)cc1. The third kappa shape index (κ3) is 2.55.